The molecule has 0 saturated heterocycles. The predicted octanol–water partition coefficient (Wildman–Crippen LogP) is 5.24. The van der Waals surface area contributed by atoms with Crippen molar-refractivity contribution < 1.29 is 22.4 Å². The highest BCUT2D eigenvalue weighted by molar-refractivity contribution is 6.04. The zero-order valence-corrected chi connectivity index (χ0v) is 13.2. The summed E-state index contributed by atoms with van der Waals surface area (Å²) in [4.78, 5) is 12.0. The lowest BCUT2D eigenvalue weighted by Gasteiger charge is -2.09. The van der Waals surface area contributed by atoms with Gasteiger partial charge in [0.2, 0.25) is 0 Å². The Balaban J connectivity index is 1.68. The van der Waals surface area contributed by atoms with Gasteiger partial charge in [0.1, 0.15) is 0 Å². The first-order valence-electron chi connectivity index (χ1n) is 7.51. The van der Waals surface area contributed by atoms with E-state index in [2.05, 4.69) is 10.6 Å². The van der Waals surface area contributed by atoms with Crippen molar-refractivity contribution >= 4 is 23.0 Å². The number of halogens is 4. The Morgan fingerprint density at radius 2 is 1.15 bits per heavy atom. The minimum atomic E-state index is -1.11. The monoisotopic (exact) mass is 360 g/mol. The van der Waals surface area contributed by atoms with E-state index in [1.807, 2.05) is 0 Å². The van der Waals surface area contributed by atoms with Crippen LogP contribution < -0.4 is 10.6 Å². The van der Waals surface area contributed by atoms with E-state index >= 15 is 0 Å². The topological polar surface area (TPSA) is 41.1 Å². The summed E-state index contributed by atoms with van der Waals surface area (Å²) in [6.45, 7) is 0. The van der Waals surface area contributed by atoms with Crippen molar-refractivity contribution in [2.45, 2.75) is 0 Å². The number of carbonyl (C=O) groups excluding carboxylic acids is 1. The van der Waals surface area contributed by atoms with E-state index in [-0.39, 0.29) is 5.56 Å². The second-order valence-electron chi connectivity index (χ2n) is 5.41. The zero-order valence-electron chi connectivity index (χ0n) is 13.2. The van der Waals surface area contributed by atoms with Crippen LogP contribution in [0.5, 0.6) is 0 Å². The van der Waals surface area contributed by atoms with Crippen LogP contribution in [0, 0.1) is 23.3 Å². The molecule has 3 aromatic carbocycles. The average Bonchev–Trinajstić information content (AvgIpc) is 2.62. The zero-order chi connectivity index (χ0) is 18.7. The van der Waals surface area contributed by atoms with Gasteiger partial charge in [0, 0.05) is 28.7 Å². The van der Waals surface area contributed by atoms with Gasteiger partial charge in [-0.1, -0.05) is 0 Å². The minimum absolute atomic E-state index is 0.0205. The second kappa shape index (κ2) is 7.26. The van der Waals surface area contributed by atoms with Crippen molar-refractivity contribution in [3.63, 3.8) is 0 Å². The van der Waals surface area contributed by atoms with Gasteiger partial charge in [-0.15, -0.1) is 0 Å². The Morgan fingerprint density at radius 1 is 0.615 bits per heavy atom. The summed E-state index contributed by atoms with van der Waals surface area (Å²) >= 11 is 0. The average molecular weight is 360 g/mol. The molecule has 0 aliphatic carbocycles. The maximum atomic E-state index is 13.2. The van der Waals surface area contributed by atoms with Crippen molar-refractivity contribution in [1.82, 2.24) is 0 Å². The van der Waals surface area contributed by atoms with E-state index in [0.29, 0.717) is 17.1 Å². The van der Waals surface area contributed by atoms with Crippen LogP contribution in [0.2, 0.25) is 0 Å². The molecule has 0 unspecified atom stereocenters. The molecule has 0 aliphatic rings. The molecule has 0 bridgehead atoms. The third-order valence-electron chi connectivity index (χ3n) is 3.53. The Hall–Kier alpha value is -3.35. The summed E-state index contributed by atoms with van der Waals surface area (Å²) in [6, 6.07) is 12.6. The Bertz CT molecular complexity index is 958. The van der Waals surface area contributed by atoms with E-state index in [9.17, 15) is 22.4 Å². The molecule has 0 atom stereocenters. The molecule has 0 aromatic heterocycles. The Morgan fingerprint density at radius 3 is 1.77 bits per heavy atom. The summed E-state index contributed by atoms with van der Waals surface area (Å²) in [7, 11) is 0. The lowest BCUT2D eigenvalue weighted by atomic mass is 10.2. The van der Waals surface area contributed by atoms with E-state index in [0.717, 1.165) is 24.3 Å². The maximum Gasteiger partial charge on any atom is 0.255 e. The summed E-state index contributed by atoms with van der Waals surface area (Å²) < 4.78 is 52.2. The van der Waals surface area contributed by atoms with Crippen LogP contribution in [0.1, 0.15) is 10.4 Å². The molecule has 2 N–H and O–H groups in total. The third kappa shape index (κ3) is 4.00. The first-order valence-corrected chi connectivity index (χ1v) is 7.51. The van der Waals surface area contributed by atoms with Crippen LogP contribution in [0.3, 0.4) is 0 Å². The smallest absolute Gasteiger partial charge is 0.255 e. The molecular weight excluding hydrogens is 348 g/mol. The highest BCUT2D eigenvalue weighted by Crippen LogP contribution is 2.21. The molecule has 0 aliphatic heterocycles. The number of hydrogen-bond donors (Lipinski definition) is 2. The van der Waals surface area contributed by atoms with Gasteiger partial charge in [-0.3, -0.25) is 4.79 Å². The SMILES string of the molecule is O=C(Nc1ccc(Nc2ccc(F)c(F)c2)cc1)c1ccc(F)c(F)c1. The molecule has 3 rings (SSSR count). The van der Waals surface area contributed by atoms with Crippen LogP contribution in [-0.2, 0) is 0 Å². The molecule has 0 radical (unpaired) electrons. The maximum absolute atomic E-state index is 13.2. The van der Waals surface area contributed by atoms with Crippen molar-refractivity contribution in [2.75, 3.05) is 10.6 Å². The van der Waals surface area contributed by atoms with Gasteiger partial charge < -0.3 is 10.6 Å². The van der Waals surface area contributed by atoms with Gasteiger partial charge in [0.15, 0.2) is 23.3 Å². The van der Waals surface area contributed by atoms with Gasteiger partial charge in [0.25, 0.3) is 5.91 Å². The first kappa shape index (κ1) is 17.5. The molecule has 26 heavy (non-hydrogen) atoms. The number of anilines is 3. The Labute approximate surface area is 146 Å². The van der Waals surface area contributed by atoms with Crippen LogP contribution in [0.15, 0.2) is 60.7 Å². The minimum Gasteiger partial charge on any atom is -0.355 e. The molecule has 1 amide bonds. The summed E-state index contributed by atoms with van der Waals surface area (Å²) in [5.41, 5.74) is 1.35. The van der Waals surface area contributed by atoms with Gasteiger partial charge >= 0.3 is 0 Å². The molecule has 3 aromatic rings. The number of rotatable bonds is 4. The number of nitrogens with one attached hydrogen (secondary N) is 2. The predicted molar refractivity (Wildman–Crippen MR) is 90.4 cm³/mol. The quantitative estimate of drug-likeness (QED) is 0.625. The van der Waals surface area contributed by atoms with Gasteiger partial charge in [-0.2, -0.15) is 0 Å². The number of hydrogen-bond acceptors (Lipinski definition) is 2. The molecule has 0 saturated carbocycles. The van der Waals surface area contributed by atoms with Crippen LogP contribution in [-0.4, -0.2) is 5.91 Å². The fraction of sp³-hybridized carbons (Fsp3) is 0. The van der Waals surface area contributed by atoms with Gasteiger partial charge in [0.05, 0.1) is 0 Å². The van der Waals surface area contributed by atoms with Crippen molar-refractivity contribution in [3.05, 3.63) is 89.5 Å². The van der Waals surface area contributed by atoms with E-state index in [4.69, 9.17) is 0 Å². The first-order chi connectivity index (χ1) is 12.4. The van der Waals surface area contributed by atoms with Gasteiger partial charge in [-0.25, -0.2) is 17.6 Å². The van der Waals surface area contributed by atoms with E-state index in [1.54, 1.807) is 24.3 Å². The molecule has 7 heteroatoms. The molecular formula is C19H12F4N2O. The van der Waals surface area contributed by atoms with Crippen molar-refractivity contribution in [3.8, 4) is 0 Å². The summed E-state index contributed by atoms with van der Waals surface area (Å²) in [5.74, 6) is -4.64. The standard InChI is InChI=1S/C19H12F4N2O/c20-15-7-1-11(9-17(15)22)19(26)25-13-4-2-12(3-5-13)24-14-6-8-16(21)18(23)10-14/h1-10,24H,(H,25,26). The van der Waals surface area contributed by atoms with E-state index < -0.39 is 29.2 Å². The lowest BCUT2D eigenvalue weighted by Crippen LogP contribution is -2.12. The van der Waals surface area contributed by atoms with Crippen molar-refractivity contribution in [1.29, 1.82) is 0 Å². The molecule has 0 heterocycles. The summed E-state index contributed by atoms with van der Waals surface area (Å²) in [5, 5.41) is 5.43. The van der Waals surface area contributed by atoms with Gasteiger partial charge in [-0.05, 0) is 54.6 Å². The number of benzene rings is 3. The van der Waals surface area contributed by atoms with Crippen LogP contribution in [0.25, 0.3) is 0 Å². The molecule has 132 valence electrons. The van der Waals surface area contributed by atoms with E-state index in [1.165, 1.54) is 12.1 Å². The molecule has 3 nitrogen and oxygen atoms in total. The normalized spacial score (nSPS) is 10.5. The lowest BCUT2D eigenvalue weighted by molar-refractivity contribution is 0.102. The van der Waals surface area contributed by atoms with Crippen molar-refractivity contribution in [2.24, 2.45) is 0 Å². The number of amides is 1. The number of carbonyl (C=O) groups is 1. The fourth-order valence-corrected chi connectivity index (χ4v) is 2.22. The fourth-order valence-electron chi connectivity index (χ4n) is 2.22. The largest absolute Gasteiger partial charge is 0.355 e. The molecule has 0 fully saturated rings. The molecule has 0 spiro atoms. The summed E-state index contributed by atoms with van der Waals surface area (Å²) in [6.07, 6.45) is 0. The van der Waals surface area contributed by atoms with Crippen LogP contribution >= 0.6 is 0 Å². The van der Waals surface area contributed by atoms with Crippen LogP contribution in [0.4, 0.5) is 34.6 Å². The highest BCUT2D eigenvalue weighted by atomic mass is 19.2. The Kier molecular flexibility index (Phi) is 4.88. The second-order valence-corrected chi connectivity index (χ2v) is 5.41. The highest BCUT2D eigenvalue weighted by Gasteiger charge is 2.10. The third-order valence-corrected chi connectivity index (χ3v) is 3.53.